The summed E-state index contributed by atoms with van der Waals surface area (Å²) in [6.07, 6.45) is 10.1. The van der Waals surface area contributed by atoms with Crippen molar-refractivity contribution in [3.63, 3.8) is 0 Å². The fraction of sp³-hybridized carbons (Fsp3) is 0.944. The highest BCUT2D eigenvalue weighted by Crippen LogP contribution is 2.35. The Kier molecular flexibility index (Phi) is 5.40. The summed E-state index contributed by atoms with van der Waals surface area (Å²) in [6, 6.07) is 0.859. The lowest BCUT2D eigenvalue weighted by molar-refractivity contribution is -0.135. The number of carbonyl (C=O) groups excluding carboxylic acids is 1. The predicted molar refractivity (Wildman–Crippen MR) is 89.5 cm³/mol. The van der Waals surface area contributed by atoms with Crippen molar-refractivity contribution in [2.24, 2.45) is 17.6 Å². The molecule has 2 aliphatic carbocycles. The van der Waals surface area contributed by atoms with Crippen LogP contribution in [0.15, 0.2) is 0 Å². The minimum absolute atomic E-state index is 0.349. The van der Waals surface area contributed by atoms with E-state index in [1.54, 1.807) is 0 Å². The van der Waals surface area contributed by atoms with E-state index in [0.717, 1.165) is 25.6 Å². The quantitative estimate of drug-likeness (QED) is 0.866. The molecule has 0 aromatic heterocycles. The number of rotatable bonds is 4. The van der Waals surface area contributed by atoms with Gasteiger partial charge in [0.1, 0.15) is 0 Å². The maximum Gasteiger partial charge on any atom is 0.236 e. The van der Waals surface area contributed by atoms with E-state index in [0.29, 0.717) is 30.5 Å². The molecule has 22 heavy (non-hydrogen) atoms. The predicted octanol–water partition coefficient (Wildman–Crippen LogP) is 2.23. The topological polar surface area (TPSA) is 49.6 Å². The van der Waals surface area contributed by atoms with E-state index in [4.69, 9.17) is 5.73 Å². The Labute approximate surface area is 135 Å². The lowest BCUT2D eigenvalue weighted by Gasteiger charge is -2.34. The highest BCUT2D eigenvalue weighted by Gasteiger charge is 2.39. The Hall–Kier alpha value is -0.610. The summed E-state index contributed by atoms with van der Waals surface area (Å²) < 4.78 is 0. The van der Waals surface area contributed by atoms with Crippen molar-refractivity contribution in [3.8, 4) is 0 Å². The molecule has 0 bridgehead atoms. The third-order valence-electron chi connectivity index (χ3n) is 6.26. The first-order valence-corrected chi connectivity index (χ1v) is 9.46. The van der Waals surface area contributed by atoms with Gasteiger partial charge in [-0.1, -0.05) is 25.7 Å². The third-order valence-corrected chi connectivity index (χ3v) is 6.26. The van der Waals surface area contributed by atoms with Gasteiger partial charge in [0.05, 0.1) is 6.54 Å². The molecule has 0 aromatic rings. The molecular formula is C18H33N3O. The third kappa shape index (κ3) is 3.48. The number of carbonyl (C=O) groups is 1. The second-order valence-electron chi connectivity index (χ2n) is 7.68. The van der Waals surface area contributed by atoms with Crippen LogP contribution in [-0.2, 0) is 4.79 Å². The Morgan fingerprint density at radius 2 is 1.86 bits per heavy atom. The Morgan fingerprint density at radius 1 is 1.09 bits per heavy atom. The van der Waals surface area contributed by atoms with Crippen LogP contribution in [0.1, 0.15) is 58.3 Å². The molecule has 0 aromatic carbocycles. The second kappa shape index (κ2) is 7.31. The molecule has 3 rings (SSSR count). The van der Waals surface area contributed by atoms with Crippen LogP contribution in [0.5, 0.6) is 0 Å². The van der Waals surface area contributed by atoms with Crippen LogP contribution in [0.3, 0.4) is 0 Å². The zero-order valence-corrected chi connectivity index (χ0v) is 14.2. The Morgan fingerprint density at radius 3 is 2.55 bits per heavy atom. The highest BCUT2D eigenvalue weighted by atomic mass is 16.2. The van der Waals surface area contributed by atoms with Crippen molar-refractivity contribution >= 4 is 5.91 Å². The van der Waals surface area contributed by atoms with Gasteiger partial charge in [0.25, 0.3) is 0 Å². The zero-order chi connectivity index (χ0) is 15.5. The normalized spacial score (nSPS) is 33.6. The van der Waals surface area contributed by atoms with E-state index >= 15 is 0 Å². The van der Waals surface area contributed by atoms with Crippen molar-refractivity contribution in [3.05, 3.63) is 0 Å². The number of nitrogens with zero attached hydrogens (tertiary/aromatic N) is 2. The molecule has 3 aliphatic rings. The average Bonchev–Trinajstić information content (AvgIpc) is 2.93. The summed E-state index contributed by atoms with van der Waals surface area (Å²) in [4.78, 5) is 17.3. The SMILES string of the molecule is CCN(C(=O)CN1CC2CCCC(N)C2C1)C1CCCCC1. The molecule has 1 aliphatic heterocycles. The molecule has 126 valence electrons. The Balaban J connectivity index is 1.54. The molecule has 4 heteroatoms. The van der Waals surface area contributed by atoms with Gasteiger partial charge < -0.3 is 10.6 Å². The largest absolute Gasteiger partial charge is 0.339 e. The van der Waals surface area contributed by atoms with Crippen molar-refractivity contribution in [1.29, 1.82) is 0 Å². The van der Waals surface area contributed by atoms with E-state index in [2.05, 4.69) is 16.7 Å². The molecule has 3 unspecified atom stereocenters. The van der Waals surface area contributed by atoms with E-state index in [9.17, 15) is 4.79 Å². The van der Waals surface area contributed by atoms with Crippen molar-refractivity contribution in [2.75, 3.05) is 26.2 Å². The highest BCUT2D eigenvalue weighted by molar-refractivity contribution is 5.78. The van der Waals surface area contributed by atoms with Gasteiger partial charge in [-0.2, -0.15) is 0 Å². The van der Waals surface area contributed by atoms with Gasteiger partial charge in [-0.25, -0.2) is 0 Å². The summed E-state index contributed by atoms with van der Waals surface area (Å²) in [7, 11) is 0. The van der Waals surface area contributed by atoms with Crippen LogP contribution >= 0.6 is 0 Å². The number of nitrogens with two attached hydrogens (primary N) is 1. The number of fused-ring (bicyclic) bond motifs is 1. The van der Waals surface area contributed by atoms with Crippen LogP contribution in [0, 0.1) is 11.8 Å². The summed E-state index contributed by atoms with van der Waals surface area (Å²) >= 11 is 0. The molecule has 1 amide bonds. The number of amides is 1. The smallest absolute Gasteiger partial charge is 0.236 e. The minimum Gasteiger partial charge on any atom is -0.339 e. The molecule has 2 N–H and O–H groups in total. The Bertz CT molecular complexity index is 381. The van der Waals surface area contributed by atoms with Crippen LogP contribution < -0.4 is 5.73 Å². The number of likely N-dealkylation sites (N-methyl/N-ethyl adjacent to an activating group) is 1. The van der Waals surface area contributed by atoms with Gasteiger partial charge in [-0.15, -0.1) is 0 Å². The lowest BCUT2D eigenvalue weighted by atomic mass is 9.78. The van der Waals surface area contributed by atoms with Gasteiger partial charge in [-0.3, -0.25) is 9.69 Å². The monoisotopic (exact) mass is 307 g/mol. The molecule has 3 atom stereocenters. The average molecular weight is 307 g/mol. The summed E-state index contributed by atoms with van der Waals surface area (Å²) in [5, 5.41) is 0. The molecular weight excluding hydrogens is 274 g/mol. The molecule has 1 saturated heterocycles. The maximum atomic E-state index is 12.8. The molecule has 2 saturated carbocycles. The molecule has 0 radical (unpaired) electrons. The van der Waals surface area contributed by atoms with Gasteiger partial charge in [0.2, 0.25) is 5.91 Å². The number of hydrogen-bond donors (Lipinski definition) is 1. The molecule has 1 heterocycles. The van der Waals surface area contributed by atoms with Gasteiger partial charge in [0.15, 0.2) is 0 Å². The van der Waals surface area contributed by atoms with Crippen molar-refractivity contribution in [2.45, 2.75) is 70.4 Å². The van der Waals surface area contributed by atoms with E-state index < -0.39 is 0 Å². The first-order chi connectivity index (χ1) is 10.7. The van der Waals surface area contributed by atoms with Gasteiger partial charge in [-0.05, 0) is 44.4 Å². The molecule has 4 nitrogen and oxygen atoms in total. The fourth-order valence-electron chi connectivity index (χ4n) is 5.05. The zero-order valence-electron chi connectivity index (χ0n) is 14.2. The van der Waals surface area contributed by atoms with Crippen LogP contribution in [0.25, 0.3) is 0 Å². The van der Waals surface area contributed by atoms with E-state index in [1.165, 1.54) is 51.4 Å². The van der Waals surface area contributed by atoms with E-state index in [1.807, 2.05) is 0 Å². The standard InChI is InChI=1S/C18H33N3O/c1-2-21(15-8-4-3-5-9-15)18(22)13-20-11-14-7-6-10-17(19)16(14)12-20/h14-17H,2-13,19H2,1H3. The van der Waals surface area contributed by atoms with E-state index in [-0.39, 0.29) is 0 Å². The molecule has 0 spiro atoms. The van der Waals surface area contributed by atoms with Crippen LogP contribution in [-0.4, -0.2) is 54.0 Å². The van der Waals surface area contributed by atoms with Crippen LogP contribution in [0.4, 0.5) is 0 Å². The number of likely N-dealkylation sites (tertiary alicyclic amines) is 1. The maximum absolute atomic E-state index is 12.8. The first-order valence-electron chi connectivity index (χ1n) is 9.46. The van der Waals surface area contributed by atoms with Gasteiger partial charge >= 0.3 is 0 Å². The van der Waals surface area contributed by atoms with Crippen molar-refractivity contribution < 1.29 is 4.79 Å². The lowest BCUT2D eigenvalue weighted by Crippen LogP contribution is -2.46. The summed E-state index contributed by atoms with van der Waals surface area (Å²) in [5.74, 6) is 1.72. The first kappa shape index (κ1) is 16.3. The second-order valence-corrected chi connectivity index (χ2v) is 7.68. The molecule has 3 fully saturated rings. The van der Waals surface area contributed by atoms with Crippen LogP contribution in [0.2, 0.25) is 0 Å². The number of hydrogen-bond acceptors (Lipinski definition) is 3. The van der Waals surface area contributed by atoms with Crippen molar-refractivity contribution in [1.82, 2.24) is 9.80 Å². The van der Waals surface area contributed by atoms with Gasteiger partial charge in [0, 0.05) is 31.7 Å². The fourth-order valence-corrected chi connectivity index (χ4v) is 5.05. The summed E-state index contributed by atoms with van der Waals surface area (Å²) in [5.41, 5.74) is 6.29. The minimum atomic E-state index is 0.349. The summed E-state index contributed by atoms with van der Waals surface area (Å²) in [6.45, 7) is 5.74.